The standard InChI is InChI=1S/C19H38N2O4/c1-6-8-19(15-20-10-12-24-14-13-23-5)9-7-11-21(16-19)17(22)25-18(2,3)4/h20H,6-16H2,1-5H3. The van der Waals surface area contributed by atoms with Crippen molar-refractivity contribution >= 4 is 6.09 Å². The largest absolute Gasteiger partial charge is 0.444 e. The molecule has 25 heavy (non-hydrogen) atoms. The SMILES string of the molecule is CCCC1(CNCCOCCOC)CCCN(C(=O)OC(C)(C)C)C1. The lowest BCUT2D eigenvalue weighted by Gasteiger charge is -2.43. The van der Waals surface area contributed by atoms with E-state index in [0.29, 0.717) is 19.8 Å². The van der Waals surface area contributed by atoms with Gasteiger partial charge >= 0.3 is 6.09 Å². The highest BCUT2D eigenvalue weighted by atomic mass is 16.6. The van der Waals surface area contributed by atoms with Gasteiger partial charge < -0.3 is 24.4 Å². The van der Waals surface area contributed by atoms with E-state index >= 15 is 0 Å². The summed E-state index contributed by atoms with van der Waals surface area (Å²) in [5, 5.41) is 3.52. The molecule has 1 heterocycles. The molecule has 0 saturated carbocycles. The fraction of sp³-hybridized carbons (Fsp3) is 0.947. The van der Waals surface area contributed by atoms with Gasteiger partial charge in [0.25, 0.3) is 0 Å². The number of ether oxygens (including phenoxy) is 3. The van der Waals surface area contributed by atoms with Crippen LogP contribution in [0.3, 0.4) is 0 Å². The van der Waals surface area contributed by atoms with Crippen molar-refractivity contribution in [2.24, 2.45) is 5.41 Å². The van der Waals surface area contributed by atoms with Crippen molar-refractivity contribution in [3.05, 3.63) is 0 Å². The van der Waals surface area contributed by atoms with Gasteiger partial charge in [-0.1, -0.05) is 13.3 Å². The zero-order valence-electron chi connectivity index (χ0n) is 16.9. The Labute approximate surface area is 153 Å². The molecule has 0 bridgehead atoms. The number of methoxy groups -OCH3 is 1. The van der Waals surface area contributed by atoms with Crippen LogP contribution in [0.25, 0.3) is 0 Å². The molecule has 1 saturated heterocycles. The second-order valence-electron chi connectivity index (χ2n) is 8.04. The lowest BCUT2D eigenvalue weighted by molar-refractivity contribution is 0.00193. The van der Waals surface area contributed by atoms with Crippen molar-refractivity contribution in [1.29, 1.82) is 0 Å². The van der Waals surface area contributed by atoms with Crippen molar-refractivity contribution in [3.8, 4) is 0 Å². The Kier molecular flexibility index (Phi) is 9.75. The van der Waals surface area contributed by atoms with Crippen LogP contribution in [-0.4, -0.2) is 69.7 Å². The first-order valence-corrected chi connectivity index (χ1v) is 9.57. The van der Waals surface area contributed by atoms with E-state index in [1.165, 1.54) is 0 Å². The molecule has 1 atom stereocenters. The Morgan fingerprint density at radius 1 is 1.24 bits per heavy atom. The third-order valence-corrected chi connectivity index (χ3v) is 4.45. The number of amides is 1. The Balaban J connectivity index is 2.48. The van der Waals surface area contributed by atoms with Crippen LogP contribution in [-0.2, 0) is 14.2 Å². The van der Waals surface area contributed by atoms with E-state index in [1.54, 1.807) is 7.11 Å². The highest BCUT2D eigenvalue weighted by molar-refractivity contribution is 5.68. The maximum Gasteiger partial charge on any atom is 0.410 e. The van der Waals surface area contributed by atoms with Gasteiger partial charge in [-0.15, -0.1) is 0 Å². The number of nitrogens with zero attached hydrogens (tertiary/aromatic N) is 1. The predicted molar refractivity (Wildman–Crippen MR) is 99.9 cm³/mol. The minimum atomic E-state index is -0.445. The van der Waals surface area contributed by atoms with Crippen molar-refractivity contribution in [2.75, 3.05) is 53.1 Å². The van der Waals surface area contributed by atoms with Gasteiger partial charge in [-0.2, -0.15) is 0 Å². The molecular formula is C19H38N2O4. The summed E-state index contributed by atoms with van der Waals surface area (Å²) in [4.78, 5) is 14.3. The molecule has 1 aliphatic heterocycles. The zero-order valence-corrected chi connectivity index (χ0v) is 16.9. The fourth-order valence-corrected chi connectivity index (χ4v) is 3.40. The topological polar surface area (TPSA) is 60.0 Å². The normalized spacial score (nSPS) is 21.4. The second kappa shape index (κ2) is 11.0. The zero-order chi connectivity index (χ0) is 18.8. The molecule has 1 rings (SSSR count). The predicted octanol–water partition coefficient (Wildman–Crippen LogP) is 3.06. The Morgan fingerprint density at radius 2 is 2.00 bits per heavy atom. The Bertz CT molecular complexity index is 380. The van der Waals surface area contributed by atoms with Crippen LogP contribution in [0.4, 0.5) is 4.79 Å². The summed E-state index contributed by atoms with van der Waals surface area (Å²) in [5.41, 5.74) is -0.309. The first-order valence-electron chi connectivity index (χ1n) is 9.57. The van der Waals surface area contributed by atoms with E-state index in [-0.39, 0.29) is 11.5 Å². The van der Waals surface area contributed by atoms with Crippen LogP contribution in [0, 0.1) is 5.41 Å². The monoisotopic (exact) mass is 358 g/mol. The van der Waals surface area contributed by atoms with Crippen molar-refractivity contribution in [3.63, 3.8) is 0 Å². The average molecular weight is 359 g/mol. The minimum Gasteiger partial charge on any atom is -0.444 e. The third kappa shape index (κ3) is 8.88. The molecule has 1 N–H and O–H groups in total. The maximum atomic E-state index is 12.4. The summed E-state index contributed by atoms with van der Waals surface area (Å²) >= 11 is 0. The molecule has 0 spiro atoms. The van der Waals surface area contributed by atoms with Gasteiger partial charge in [0.05, 0.1) is 19.8 Å². The first kappa shape index (κ1) is 22.2. The van der Waals surface area contributed by atoms with E-state index in [0.717, 1.165) is 51.9 Å². The number of likely N-dealkylation sites (tertiary alicyclic amines) is 1. The second-order valence-corrected chi connectivity index (χ2v) is 8.04. The number of carbonyl (C=O) groups excluding carboxylic acids is 1. The Morgan fingerprint density at radius 3 is 2.64 bits per heavy atom. The highest BCUT2D eigenvalue weighted by Crippen LogP contribution is 2.34. The van der Waals surface area contributed by atoms with Gasteiger partial charge in [-0.25, -0.2) is 4.79 Å². The van der Waals surface area contributed by atoms with Crippen LogP contribution in [0.5, 0.6) is 0 Å². The molecule has 1 fully saturated rings. The van der Waals surface area contributed by atoms with Crippen LogP contribution < -0.4 is 5.32 Å². The summed E-state index contributed by atoms with van der Waals surface area (Å²) in [5.74, 6) is 0. The number of carbonyl (C=O) groups is 1. The molecule has 6 nitrogen and oxygen atoms in total. The fourth-order valence-electron chi connectivity index (χ4n) is 3.40. The average Bonchev–Trinajstić information content (AvgIpc) is 2.53. The van der Waals surface area contributed by atoms with E-state index < -0.39 is 5.60 Å². The summed E-state index contributed by atoms with van der Waals surface area (Å²) in [6.45, 7) is 13.2. The molecule has 0 aromatic heterocycles. The quantitative estimate of drug-likeness (QED) is 0.608. The smallest absolute Gasteiger partial charge is 0.410 e. The van der Waals surface area contributed by atoms with Gasteiger partial charge in [0, 0.05) is 38.7 Å². The number of rotatable bonds is 10. The van der Waals surface area contributed by atoms with Crippen molar-refractivity contribution in [1.82, 2.24) is 10.2 Å². The number of nitrogens with one attached hydrogen (secondary N) is 1. The van der Waals surface area contributed by atoms with E-state index in [4.69, 9.17) is 14.2 Å². The van der Waals surface area contributed by atoms with E-state index in [1.807, 2.05) is 25.7 Å². The first-order chi connectivity index (χ1) is 11.8. The Hall–Kier alpha value is -0.850. The summed E-state index contributed by atoms with van der Waals surface area (Å²) in [6.07, 6.45) is 4.23. The van der Waals surface area contributed by atoms with E-state index in [2.05, 4.69) is 12.2 Å². The summed E-state index contributed by atoms with van der Waals surface area (Å²) < 4.78 is 16.0. The van der Waals surface area contributed by atoms with Crippen LogP contribution in [0.2, 0.25) is 0 Å². The lowest BCUT2D eigenvalue weighted by Crippen LogP contribution is -2.51. The summed E-state index contributed by atoms with van der Waals surface area (Å²) in [7, 11) is 1.68. The van der Waals surface area contributed by atoms with Gasteiger partial charge in [-0.3, -0.25) is 0 Å². The third-order valence-electron chi connectivity index (χ3n) is 4.45. The van der Waals surface area contributed by atoms with Gasteiger partial charge in [0.15, 0.2) is 0 Å². The van der Waals surface area contributed by atoms with E-state index in [9.17, 15) is 4.79 Å². The molecule has 0 radical (unpaired) electrons. The number of hydrogen-bond donors (Lipinski definition) is 1. The minimum absolute atomic E-state index is 0.135. The maximum absolute atomic E-state index is 12.4. The number of hydrogen-bond acceptors (Lipinski definition) is 5. The van der Waals surface area contributed by atoms with Crippen LogP contribution in [0.1, 0.15) is 53.4 Å². The molecule has 0 aromatic rings. The molecule has 1 aliphatic rings. The van der Waals surface area contributed by atoms with Crippen molar-refractivity contribution in [2.45, 2.75) is 59.0 Å². The van der Waals surface area contributed by atoms with Crippen LogP contribution >= 0.6 is 0 Å². The van der Waals surface area contributed by atoms with Gasteiger partial charge in [-0.05, 0) is 40.0 Å². The molecule has 1 amide bonds. The summed E-state index contributed by atoms with van der Waals surface area (Å²) in [6, 6.07) is 0. The van der Waals surface area contributed by atoms with Gasteiger partial charge in [0.1, 0.15) is 5.60 Å². The number of piperidine rings is 1. The molecule has 1 unspecified atom stereocenters. The molecule has 148 valence electrons. The highest BCUT2D eigenvalue weighted by Gasteiger charge is 2.37. The molecule has 6 heteroatoms. The van der Waals surface area contributed by atoms with Crippen LogP contribution in [0.15, 0.2) is 0 Å². The lowest BCUT2D eigenvalue weighted by atomic mass is 9.76. The molecule has 0 aliphatic carbocycles. The molecule has 0 aromatic carbocycles. The van der Waals surface area contributed by atoms with Gasteiger partial charge in [0.2, 0.25) is 0 Å². The van der Waals surface area contributed by atoms with Crippen molar-refractivity contribution < 1.29 is 19.0 Å². The molecular weight excluding hydrogens is 320 g/mol.